The van der Waals surface area contributed by atoms with Crippen LogP contribution < -0.4 is 0 Å². The summed E-state index contributed by atoms with van der Waals surface area (Å²) in [6.07, 6.45) is 8.89. The van der Waals surface area contributed by atoms with Crippen molar-refractivity contribution in [1.82, 2.24) is 29.7 Å². The van der Waals surface area contributed by atoms with Crippen LogP contribution in [0.3, 0.4) is 0 Å². The first-order valence-corrected chi connectivity index (χ1v) is 12.1. The summed E-state index contributed by atoms with van der Waals surface area (Å²) in [5.41, 5.74) is 3.86. The molecule has 35 heavy (non-hydrogen) atoms. The van der Waals surface area contributed by atoms with Crippen LogP contribution in [-0.2, 0) is 4.74 Å². The molecule has 0 radical (unpaired) electrons. The smallest absolute Gasteiger partial charge is 0.182 e. The van der Waals surface area contributed by atoms with E-state index in [1.54, 1.807) is 0 Å². The average Bonchev–Trinajstić information content (AvgIpc) is 3.28. The van der Waals surface area contributed by atoms with Gasteiger partial charge in [-0.15, -0.1) is 0 Å². The molecule has 0 bridgehead atoms. The normalized spacial score (nSPS) is 20.8. The van der Waals surface area contributed by atoms with Crippen LogP contribution in [0.15, 0.2) is 30.6 Å². The molecule has 3 aromatic heterocycles. The highest BCUT2D eigenvalue weighted by Crippen LogP contribution is 2.39. The van der Waals surface area contributed by atoms with E-state index in [4.69, 9.17) is 14.7 Å². The van der Waals surface area contributed by atoms with Crippen LogP contribution in [0, 0.1) is 25.5 Å². The molecule has 1 saturated carbocycles. The van der Waals surface area contributed by atoms with Crippen molar-refractivity contribution in [2.45, 2.75) is 64.0 Å². The number of aromatic nitrogens is 6. The molecule has 0 amide bonds. The van der Waals surface area contributed by atoms with Crippen LogP contribution in [0.25, 0.3) is 22.4 Å². The van der Waals surface area contributed by atoms with Gasteiger partial charge in [0.05, 0.1) is 29.7 Å². The number of halogens is 2. The van der Waals surface area contributed by atoms with Gasteiger partial charge in [0.2, 0.25) is 0 Å². The van der Waals surface area contributed by atoms with Gasteiger partial charge in [-0.2, -0.15) is 5.10 Å². The van der Waals surface area contributed by atoms with Gasteiger partial charge in [-0.3, -0.25) is 4.68 Å². The number of ether oxygens (including phenoxy) is 1. The molecule has 2 fully saturated rings. The van der Waals surface area contributed by atoms with E-state index >= 15 is 0 Å². The fourth-order valence-corrected chi connectivity index (χ4v) is 4.81. The Hall–Kier alpha value is -3.33. The highest BCUT2D eigenvalue weighted by atomic mass is 19.1. The van der Waals surface area contributed by atoms with Gasteiger partial charge in [-0.05, 0) is 58.1 Å². The van der Waals surface area contributed by atoms with E-state index in [1.165, 1.54) is 31.4 Å². The molecule has 0 unspecified atom stereocenters. The molecule has 9 heteroatoms. The van der Waals surface area contributed by atoms with Crippen LogP contribution in [0.1, 0.15) is 72.9 Å². The van der Waals surface area contributed by atoms with Crippen LogP contribution in [0.4, 0.5) is 8.78 Å². The van der Waals surface area contributed by atoms with Gasteiger partial charge in [0.1, 0.15) is 28.7 Å². The number of nitrogens with zero attached hydrogens (tertiary/aromatic N) is 6. The maximum absolute atomic E-state index is 14.8. The lowest BCUT2D eigenvalue weighted by Crippen LogP contribution is -2.21. The lowest BCUT2D eigenvalue weighted by atomic mass is 9.91. The molecule has 6 rings (SSSR count). The van der Waals surface area contributed by atoms with Crippen molar-refractivity contribution < 1.29 is 13.5 Å². The van der Waals surface area contributed by atoms with Gasteiger partial charge in [0, 0.05) is 35.9 Å². The molecule has 1 aliphatic carbocycles. The molecule has 4 heterocycles. The average molecular weight is 477 g/mol. The zero-order chi connectivity index (χ0) is 24.1. The van der Waals surface area contributed by atoms with Crippen LogP contribution in [-0.4, -0.2) is 36.3 Å². The molecule has 1 aromatic carbocycles. The number of hydrogen-bond donors (Lipinski definition) is 0. The fraction of sp³-hybridized carbons (Fsp3) is 0.423. The first kappa shape index (κ1) is 22.2. The van der Waals surface area contributed by atoms with E-state index in [0.717, 1.165) is 23.7 Å². The number of benzene rings is 1. The Kier molecular flexibility index (Phi) is 5.51. The minimum absolute atomic E-state index is 0.00382. The van der Waals surface area contributed by atoms with Gasteiger partial charge in [0.25, 0.3) is 0 Å². The Morgan fingerprint density at radius 1 is 1.00 bits per heavy atom. The van der Waals surface area contributed by atoms with E-state index < -0.39 is 11.6 Å². The van der Waals surface area contributed by atoms with E-state index in [1.807, 2.05) is 20.0 Å². The minimum Gasteiger partial charge on any atom is -0.373 e. The second-order valence-electron chi connectivity index (χ2n) is 9.54. The molecule has 1 saturated heterocycles. The summed E-state index contributed by atoms with van der Waals surface area (Å²) in [7, 11) is 0. The minimum atomic E-state index is -0.691. The second kappa shape index (κ2) is 8.71. The zero-order valence-electron chi connectivity index (χ0n) is 19.7. The lowest BCUT2D eigenvalue weighted by molar-refractivity contribution is 0.00391. The Morgan fingerprint density at radius 2 is 1.83 bits per heavy atom. The molecular formula is C26H26F2N6O. The van der Waals surface area contributed by atoms with Crippen LogP contribution >= 0.6 is 0 Å². The molecule has 4 aromatic rings. The summed E-state index contributed by atoms with van der Waals surface area (Å²) in [6, 6.07) is 3.98. The summed E-state index contributed by atoms with van der Waals surface area (Å²) in [5, 5.41) is 4.56. The molecule has 0 spiro atoms. The largest absolute Gasteiger partial charge is 0.373 e. The topological polar surface area (TPSA) is 78.6 Å². The second-order valence-corrected chi connectivity index (χ2v) is 9.54. The Bertz CT molecular complexity index is 1420. The summed E-state index contributed by atoms with van der Waals surface area (Å²) >= 11 is 0. The fourth-order valence-electron chi connectivity index (χ4n) is 4.81. The van der Waals surface area contributed by atoms with Crippen molar-refractivity contribution in [2.24, 2.45) is 0 Å². The SMILES string of the molecule is Cc1nc2nc([C@H]3CCO[C@@H](c4cnn(C5CCC5)c4)C3)nc(-c3ccc(F)cc3F)c2nc1C. The first-order valence-electron chi connectivity index (χ1n) is 12.1. The third-order valence-corrected chi connectivity index (χ3v) is 7.24. The van der Waals surface area contributed by atoms with Crippen molar-refractivity contribution in [3.8, 4) is 11.3 Å². The molecule has 7 nitrogen and oxygen atoms in total. The predicted molar refractivity (Wildman–Crippen MR) is 126 cm³/mol. The van der Waals surface area contributed by atoms with Crippen molar-refractivity contribution >= 4 is 11.2 Å². The standard InChI is InChI=1S/C26H26F2N6O/c1-14-15(2)31-26-24(30-14)23(20-7-6-18(27)11-21(20)28)32-25(33-26)16-8-9-35-22(10-16)17-12-29-34(13-17)19-4-3-5-19/h6-7,11-13,16,19,22H,3-5,8-10H2,1-2H3/t16-,22+/m0/s1. The summed E-state index contributed by atoms with van der Waals surface area (Å²) < 4.78 is 36.6. The van der Waals surface area contributed by atoms with Crippen LogP contribution in [0.5, 0.6) is 0 Å². The first-order chi connectivity index (χ1) is 17.0. The molecule has 1 aliphatic heterocycles. The highest BCUT2D eigenvalue weighted by Gasteiger charge is 2.30. The molecule has 0 N–H and O–H groups in total. The third kappa shape index (κ3) is 4.07. The quantitative estimate of drug-likeness (QED) is 0.385. The Labute approximate surface area is 201 Å². The molecule has 2 atom stereocenters. The molecule has 180 valence electrons. The molecular weight excluding hydrogens is 450 g/mol. The number of fused-ring (bicyclic) bond motifs is 1. The summed E-state index contributed by atoms with van der Waals surface area (Å²) in [6.45, 7) is 4.27. The predicted octanol–water partition coefficient (Wildman–Crippen LogP) is 5.54. The van der Waals surface area contributed by atoms with Crippen molar-refractivity contribution in [3.63, 3.8) is 0 Å². The van der Waals surface area contributed by atoms with Gasteiger partial charge in [0.15, 0.2) is 5.65 Å². The van der Waals surface area contributed by atoms with Gasteiger partial charge in [-0.1, -0.05) is 0 Å². The van der Waals surface area contributed by atoms with E-state index in [0.29, 0.717) is 47.4 Å². The monoisotopic (exact) mass is 476 g/mol. The van der Waals surface area contributed by atoms with E-state index in [2.05, 4.69) is 25.9 Å². The van der Waals surface area contributed by atoms with Crippen LogP contribution in [0.2, 0.25) is 0 Å². The summed E-state index contributed by atoms with van der Waals surface area (Å²) in [4.78, 5) is 18.8. The maximum Gasteiger partial charge on any atom is 0.182 e. The van der Waals surface area contributed by atoms with Crippen molar-refractivity contribution in [1.29, 1.82) is 0 Å². The number of hydrogen-bond acceptors (Lipinski definition) is 6. The van der Waals surface area contributed by atoms with E-state index in [9.17, 15) is 8.78 Å². The lowest BCUT2D eigenvalue weighted by Gasteiger charge is -2.29. The molecule has 2 aliphatic rings. The Morgan fingerprint density at radius 3 is 2.60 bits per heavy atom. The van der Waals surface area contributed by atoms with Gasteiger partial charge in [-0.25, -0.2) is 28.7 Å². The maximum atomic E-state index is 14.8. The number of rotatable bonds is 4. The van der Waals surface area contributed by atoms with Crippen molar-refractivity contribution in [2.75, 3.05) is 6.61 Å². The third-order valence-electron chi connectivity index (χ3n) is 7.24. The summed E-state index contributed by atoms with van der Waals surface area (Å²) in [5.74, 6) is -0.758. The highest BCUT2D eigenvalue weighted by molar-refractivity contribution is 5.87. The number of aryl methyl sites for hydroxylation is 2. The van der Waals surface area contributed by atoms with Gasteiger partial charge < -0.3 is 4.74 Å². The van der Waals surface area contributed by atoms with E-state index in [-0.39, 0.29) is 17.6 Å². The zero-order valence-corrected chi connectivity index (χ0v) is 19.7. The van der Waals surface area contributed by atoms with Gasteiger partial charge >= 0.3 is 0 Å². The Balaban J connectivity index is 1.39. The van der Waals surface area contributed by atoms with Crippen molar-refractivity contribution in [3.05, 3.63) is 65.0 Å².